The SMILES string of the molecule is Cc1cc(C(=O)c2ccc(Cl)c(Cl)c2)c(C)cc1Br. The molecule has 0 unspecified atom stereocenters. The Balaban J connectivity index is 2.49. The van der Waals surface area contributed by atoms with Crippen molar-refractivity contribution in [2.24, 2.45) is 0 Å². The molecule has 0 aliphatic heterocycles. The van der Waals surface area contributed by atoms with Gasteiger partial charge in [-0.1, -0.05) is 39.1 Å². The first-order valence-electron chi connectivity index (χ1n) is 5.66. The van der Waals surface area contributed by atoms with Crippen LogP contribution in [0.4, 0.5) is 0 Å². The number of halogens is 3. The zero-order valence-electron chi connectivity index (χ0n) is 10.4. The fraction of sp³-hybridized carbons (Fsp3) is 0.133. The second-order valence-corrected chi connectivity index (χ2v) is 6.04. The summed E-state index contributed by atoms with van der Waals surface area (Å²) in [6.45, 7) is 3.87. The molecule has 2 aromatic rings. The summed E-state index contributed by atoms with van der Waals surface area (Å²) in [6.07, 6.45) is 0. The lowest BCUT2D eigenvalue weighted by molar-refractivity contribution is 0.103. The van der Waals surface area contributed by atoms with Gasteiger partial charge in [-0.05, 0) is 55.3 Å². The standard InChI is InChI=1S/C15H11BrCl2O/c1-8-6-12(16)9(2)5-11(8)15(19)10-3-4-13(17)14(18)7-10/h3-7H,1-2H3. The highest BCUT2D eigenvalue weighted by Crippen LogP contribution is 2.26. The molecule has 0 radical (unpaired) electrons. The van der Waals surface area contributed by atoms with E-state index in [0.717, 1.165) is 15.6 Å². The summed E-state index contributed by atoms with van der Waals surface area (Å²) in [5.41, 5.74) is 3.17. The summed E-state index contributed by atoms with van der Waals surface area (Å²) < 4.78 is 0.996. The number of aryl methyl sites for hydroxylation is 2. The maximum atomic E-state index is 12.5. The van der Waals surface area contributed by atoms with Crippen LogP contribution in [0.2, 0.25) is 10.0 Å². The van der Waals surface area contributed by atoms with Crippen LogP contribution in [0.3, 0.4) is 0 Å². The molecule has 1 nitrogen and oxygen atoms in total. The van der Waals surface area contributed by atoms with Gasteiger partial charge in [0, 0.05) is 15.6 Å². The second kappa shape index (κ2) is 5.66. The van der Waals surface area contributed by atoms with Gasteiger partial charge in [0.1, 0.15) is 0 Å². The van der Waals surface area contributed by atoms with Crippen LogP contribution in [0.25, 0.3) is 0 Å². The molecule has 2 aromatic carbocycles. The molecule has 0 fully saturated rings. The number of carbonyl (C=O) groups excluding carboxylic acids is 1. The first kappa shape index (κ1) is 14.6. The van der Waals surface area contributed by atoms with E-state index in [9.17, 15) is 4.79 Å². The van der Waals surface area contributed by atoms with Crippen molar-refractivity contribution in [3.05, 3.63) is 67.1 Å². The predicted octanol–water partition coefficient (Wildman–Crippen LogP) is 5.60. The minimum atomic E-state index is -0.0494. The molecule has 98 valence electrons. The third-order valence-electron chi connectivity index (χ3n) is 2.93. The Morgan fingerprint density at radius 3 is 2.32 bits per heavy atom. The normalized spacial score (nSPS) is 10.6. The van der Waals surface area contributed by atoms with Gasteiger partial charge in [0.2, 0.25) is 0 Å². The first-order valence-corrected chi connectivity index (χ1v) is 7.21. The van der Waals surface area contributed by atoms with Gasteiger partial charge in [-0.25, -0.2) is 0 Å². The zero-order chi connectivity index (χ0) is 14.2. The highest BCUT2D eigenvalue weighted by Gasteiger charge is 2.14. The van der Waals surface area contributed by atoms with Crippen LogP contribution in [-0.4, -0.2) is 5.78 Å². The van der Waals surface area contributed by atoms with E-state index in [0.29, 0.717) is 21.2 Å². The van der Waals surface area contributed by atoms with E-state index < -0.39 is 0 Å². The Bertz CT molecular complexity index is 665. The molecule has 0 heterocycles. The maximum Gasteiger partial charge on any atom is 0.193 e. The topological polar surface area (TPSA) is 17.1 Å². The van der Waals surface area contributed by atoms with E-state index in [1.54, 1.807) is 18.2 Å². The van der Waals surface area contributed by atoms with E-state index in [-0.39, 0.29) is 5.78 Å². The molecule has 0 amide bonds. The van der Waals surface area contributed by atoms with Crippen LogP contribution in [0.15, 0.2) is 34.8 Å². The summed E-state index contributed by atoms with van der Waals surface area (Å²) in [6, 6.07) is 8.75. The van der Waals surface area contributed by atoms with Gasteiger partial charge in [0.15, 0.2) is 5.78 Å². The highest BCUT2D eigenvalue weighted by molar-refractivity contribution is 9.10. The molecule has 0 saturated carbocycles. The Labute approximate surface area is 130 Å². The molecule has 19 heavy (non-hydrogen) atoms. The van der Waals surface area contributed by atoms with Crippen molar-refractivity contribution in [2.75, 3.05) is 0 Å². The lowest BCUT2D eigenvalue weighted by Gasteiger charge is -2.09. The zero-order valence-corrected chi connectivity index (χ0v) is 13.5. The molecule has 2 rings (SSSR count). The van der Waals surface area contributed by atoms with Crippen LogP contribution in [0.1, 0.15) is 27.0 Å². The largest absolute Gasteiger partial charge is 0.289 e. The summed E-state index contributed by atoms with van der Waals surface area (Å²) >= 11 is 15.3. The third kappa shape index (κ3) is 3.02. The van der Waals surface area contributed by atoms with Gasteiger partial charge in [-0.2, -0.15) is 0 Å². The lowest BCUT2D eigenvalue weighted by Crippen LogP contribution is -2.04. The summed E-state index contributed by atoms with van der Waals surface area (Å²) in [5, 5.41) is 0.834. The number of ketones is 1. The average Bonchev–Trinajstić information content (AvgIpc) is 2.36. The number of carbonyl (C=O) groups is 1. The molecular formula is C15H11BrCl2O. The predicted molar refractivity (Wildman–Crippen MR) is 83.5 cm³/mol. The highest BCUT2D eigenvalue weighted by atomic mass is 79.9. The molecule has 0 saturated heterocycles. The van der Waals surface area contributed by atoms with Crippen LogP contribution < -0.4 is 0 Å². The fourth-order valence-corrected chi connectivity index (χ4v) is 2.57. The van der Waals surface area contributed by atoms with Crippen molar-refractivity contribution in [3.63, 3.8) is 0 Å². The van der Waals surface area contributed by atoms with Gasteiger partial charge < -0.3 is 0 Å². The fourth-order valence-electron chi connectivity index (χ4n) is 1.82. The number of hydrogen-bond acceptors (Lipinski definition) is 1. The number of rotatable bonds is 2. The van der Waals surface area contributed by atoms with Crippen LogP contribution >= 0.6 is 39.1 Å². The molecule has 0 N–H and O–H groups in total. The molecule has 4 heteroatoms. The molecule has 0 spiro atoms. The molecular weight excluding hydrogens is 347 g/mol. The van der Waals surface area contributed by atoms with Crippen molar-refractivity contribution >= 4 is 44.9 Å². The van der Waals surface area contributed by atoms with Gasteiger partial charge in [0.05, 0.1) is 10.0 Å². The second-order valence-electron chi connectivity index (χ2n) is 4.37. The lowest BCUT2D eigenvalue weighted by atomic mass is 9.97. The summed E-state index contributed by atoms with van der Waals surface area (Å²) in [4.78, 5) is 12.5. The van der Waals surface area contributed by atoms with E-state index in [2.05, 4.69) is 15.9 Å². The smallest absolute Gasteiger partial charge is 0.193 e. The number of benzene rings is 2. The monoisotopic (exact) mass is 356 g/mol. The minimum Gasteiger partial charge on any atom is -0.289 e. The van der Waals surface area contributed by atoms with Crippen molar-refractivity contribution in [1.82, 2.24) is 0 Å². The minimum absolute atomic E-state index is 0.0494. The van der Waals surface area contributed by atoms with Crippen LogP contribution in [0.5, 0.6) is 0 Å². The van der Waals surface area contributed by atoms with Crippen molar-refractivity contribution < 1.29 is 4.79 Å². The van der Waals surface area contributed by atoms with E-state index in [1.807, 2.05) is 26.0 Å². The molecule has 0 bridgehead atoms. The summed E-state index contributed by atoms with van der Waals surface area (Å²) in [5.74, 6) is -0.0494. The van der Waals surface area contributed by atoms with Crippen LogP contribution in [-0.2, 0) is 0 Å². The van der Waals surface area contributed by atoms with Crippen molar-refractivity contribution in [1.29, 1.82) is 0 Å². The summed E-state index contributed by atoms with van der Waals surface area (Å²) in [7, 11) is 0. The molecule has 0 atom stereocenters. The third-order valence-corrected chi connectivity index (χ3v) is 4.53. The molecule has 0 aliphatic carbocycles. The van der Waals surface area contributed by atoms with Gasteiger partial charge in [0.25, 0.3) is 0 Å². The van der Waals surface area contributed by atoms with E-state index in [1.165, 1.54) is 0 Å². The Morgan fingerprint density at radius 2 is 1.68 bits per heavy atom. The van der Waals surface area contributed by atoms with E-state index >= 15 is 0 Å². The Morgan fingerprint density at radius 1 is 1.00 bits per heavy atom. The Hall–Kier alpha value is -0.830. The molecule has 0 aliphatic rings. The maximum absolute atomic E-state index is 12.5. The van der Waals surface area contributed by atoms with Gasteiger partial charge >= 0.3 is 0 Å². The number of hydrogen-bond donors (Lipinski definition) is 0. The van der Waals surface area contributed by atoms with Crippen molar-refractivity contribution in [3.8, 4) is 0 Å². The van der Waals surface area contributed by atoms with E-state index in [4.69, 9.17) is 23.2 Å². The van der Waals surface area contributed by atoms with Gasteiger partial charge in [-0.15, -0.1) is 0 Å². The van der Waals surface area contributed by atoms with Gasteiger partial charge in [-0.3, -0.25) is 4.79 Å². The van der Waals surface area contributed by atoms with Crippen molar-refractivity contribution in [2.45, 2.75) is 13.8 Å². The van der Waals surface area contributed by atoms with Crippen LogP contribution in [0, 0.1) is 13.8 Å². The quantitative estimate of drug-likeness (QED) is 0.639. The Kier molecular flexibility index (Phi) is 4.34. The average molecular weight is 358 g/mol. The molecule has 0 aromatic heterocycles. The first-order chi connectivity index (χ1) is 8.90.